The first kappa shape index (κ1) is 21.1. The molecule has 2 aromatic rings. The third kappa shape index (κ3) is 4.69. The molecule has 0 bridgehead atoms. The molecule has 1 aliphatic rings. The molecule has 3 N–H and O–H groups in total. The third-order valence-electron chi connectivity index (χ3n) is 4.53. The smallest absolute Gasteiger partial charge is 0.185 e. The van der Waals surface area contributed by atoms with Crippen molar-refractivity contribution in [3.8, 4) is 0 Å². The molecule has 1 fully saturated rings. The number of nitrogens with zero attached hydrogens (tertiary/aromatic N) is 4. The van der Waals surface area contributed by atoms with Crippen molar-refractivity contribution < 1.29 is 8.42 Å². The minimum atomic E-state index is -3.40. The number of hydrogen-bond acceptors (Lipinski definition) is 8. The van der Waals surface area contributed by atoms with E-state index >= 15 is 0 Å². The lowest BCUT2D eigenvalue weighted by molar-refractivity contribution is 0.232. The van der Waals surface area contributed by atoms with Crippen molar-refractivity contribution in [1.29, 1.82) is 5.41 Å². The van der Waals surface area contributed by atoms with Crippen molar-refractivity contribution in [2.45, 2.75) is 10.1 Å². The van der Waals surface area contributed by atoms with E-state index in [1.807, 2.05) is 43.1 Å². The fourth-order valence-corrected chi connectivity index (χ4v) is 4.84. The van der Waals surface area contributed by atoms with Crippen LogP contribution in [0.25, 0.3) is 0 Å². The Kier molecular flexibility index (Phi) is 6.10. The van der Waals surface area contributed by atoms with Gasteiger partial charge >= 0.3 is 0 Å². The molecule has 0 amide bonds. The summed E-state index contributed by atoms with van der Waals surface area (Å²) in [6.45, 7) is 1.04. The Balaban J connectivity index is 1.65. The van der Waals surface area contributed by atoms with Crippen LogP contribution in [0.5, 0.6) is 0 Å². The summed E-state index contributed by atoms with van der Waals surface area (Å²) in [6, 6.07) is 6.69. The first-order chi connectivity index (χ1) is 13.7. The average molecular weight is 434 g/mol. The highest BCUT2D eigenvalue weighted by Crippen LogP contribution is 2.22. The van der Waals surface area contributed by atoms with Gasteiger partial charge in [0, 0.05) is 39.6 Å². The molecular weight excluding hydrogens is 410 g/mol. The first-order valence-corrected chi connectivity index (χ1v) is 10.8. The predicted octanol–water partition coefficient (Wildman–Crippen LogP) is 0.942. The molecule has 3 heterocycles. The maximum Gasteiger partial charge on any atom is 0.185 e. The zero-order valence-electron chi connectivity index (χ0n) is 16.4. The van der Waals surface area contributed by atoms with E-state index < -0.39 is 15.1 Å². The minimum Gasteiger partial charge on any atom is -0.375 e. The Bertz CT molecular complexity index is 1020. The van der Waals surface area contributed by atoms with E-state index in [1.54, 1.807) is 6.20 Å². The van der Waals surface area contributed by atoms with Gasteiger partial charge in [-0.2, -0.15) is 0 Å². The average Bonchev–Trinajstić information content (AvgIpc) is 2.65. The van der Waals surface area contributed by atoms with Crippen molar-refractivity contribution in [2.24, 2.45) is 0 Å². The first-order valence-electron chi connectivity index (χ1n) is 8.86. The fraction of sp³-hybridized carbons (Fsp3) is 0.333. The van der Waals surface area contributed by atoms with Crippen LogP contribution in [-0.2, 0) is 9.84 Å². The van der Waals surface area contributed by atoms with Gasteiger partial charge in [0.15, 0.2) is 26.6 Å². The molecule has 154 valence electrons. The molecule has 29 heavy (non-hydrogen) atoms. The summed E-state index contributed by atoms with van der Waals surface area (Å²) in [5.41, 5.74) is 1.13. The van der Waals surface area contributed by atoms with Gasteiger partial charge < -0.3 is 20.4 Å². The van der Waals surface area contributed by atoms with Gasteiger partial charge in [-0.05, 0) is 43.5 Å². The number of amidine groups is 1. The van der Waals surface area contributed by atoms with Gasteiger partial charge in [0.1, 0.15) is 5.69 Å². The van der Waals surface area contributed by atoms with Gasteiger partial charge in [-0.3, -0.25) is 10.4 Å². The SMILES string of the molecule is CN1CC(S(=O)(=O)c2ccc(C(=N)NC(=S)Nc3ncccc3N(C)C)nc2)C1. The Labute approximate surface area is 175 Å². The number of aromatic nitrogens is 2. The van der Waals surface area contributed by atoms with Gasteiger partial charge in [0.25, 0.3) is 0 Å². The maximum absolute atomic E-state index is 12.5. The zero-order chi connectivity index (χ0) is 21.2. The minimum absolute atomic E-state index is 0.0443. The fourth-order valence-electron chi connectivity index (χ4n) is 2.90. The normalized spacial score (nSPS) is 14.7. The van der Waals surface area contributed by atoms with Crippen molar-refractivity contribution in [2.75, 3.05) is 44.4 Å². The van der Waals surface area contributed by atoms with Gasteiger partial charge in [0.05, 0.1) is 15.8 Å². The Morgan fingerprint density at radius 3 is 2.59 bits per heavy atom. The lowest BCUT2D eigenvalue weighted by Crippen LogP contribution is -2.52. The third-order valence-corrected chi connectivity index (χ3v) is 6.81. The summed E-state index contributed by atoms with van der Waals surface area (Å²) < 4.78 is 25.1. The van der Waals surface area contributed by atoms with E-state index in [0.717, 1.165) is 5.69 Å². The number of likely N-dealkylation sites (tertiary alicyclic amines) is 1. The lowest BCUT2D eigenvalue weighted by atomic mass is 10.2. The quantitative estimate of drug-likeness (QED) is 0.360. The molecule has 0 spiro atoms. The number of hydrogen-bond donors (Lipinski definition) is 3. The molecule has 3 rings (SSSR count). The second-order valence-corrected chi connectivity index (χ2v) is 9.62. The number of thiocarbonyl (C=S) groups is 1. The second-order valence-electron chi connectivity index (χ2n) is 6.99. The van der Waals surface area contributed by atoms with E-state index in [4.69, 9.17) is 17.6 Å². The van der Waals surface area contributed by atoms with E-state index in [-0.39, 0.29) is 21.5 Å². The van der Waals surface area contributed by atoms with E-state index in [1.165, 1.54) is 18.3 Å². The summed E-state index contributed by atoms with van der Waals surface area (Å²) in [6.07, 6.45) is 2.93. The molecule has 11 heteroatoms. The predicted molar refractivity (Wildman–Crippen MR) is 117 cm³/mol. The summed E-state index contributed by atoms with van der Waals surface area (Å²) in [7, 11) is 2.26. The highest BCUT2D eigenvalue weighted by molar-refractivity contribution is 7.92. The van der Waals surface area contributed by atoms with Gasteiger partial charge in [0.2, 0.25) is 0 Å². The van der Waals surface area contributed by atoms with E-state index in [9.17, 15) is 8.42 Å². The van der Waals surface area contributed by atoms with Crippen LogP contribution >= 0.6 is 12.2 Å². The van der Waals surface area contributed by atoms with Gasteiger partial charge in [-0.1, -0.05) is 0 Å². The van der Waals surface area contributed by atoms with Crippen LogP contribution < -0.4 is 15.5 Å². The molecule has 0 unspecified atom stereocenters. The molecule has 0 aromatic carbocycles. The Hall–Kier alpha value is -2.63. The molecule has 0 radical (unpaired) electrons. The van der Waals surface area contributed by atoms with E-state index in [2.05, 4.69) is 20.6 Å². The molecule has 0 aliphatic carbocycles. The standard InChI is InChI=1S/C18H23N7O2S2/c1-24(2)15-5-4-8-20-17(15)23-18(28)22-16(19)14-7-6-12(9-21-14)29(26,27)13-10-25(3)11-13/h4-9,13H,10-11H2,1-3H3,(H3,19,20,22,23,28). The van der Waals surface area contributed by atoms with Gasteiger partial charge in [-0.15, -0.1) is 0 Å². The van der Waals surface area contributed by atoms with Crippen molar-refractivity contribution in [3.63, 3.8) is 0 Å². The van der Waals surface area contributed by atoms with Crippen molar-refractivity contribution in [3.05, 3.63) is 42.4 Å². The van der Waals surface area contributed by atoms with E-state index in [0.29, 0.717) is 18.9 Å². The number of rotatable bonds is 5. The van der Waals surface area contributed by atoms with Crippen LogP contribution in [-0.4, -0.2) is 73.7 Å². The largest absolute Gasteiger partial charge is 0.375 e. The highest BCUT2D eigenvalue weighted by Gasteiger charge is 2.36. The number of sulfone groups is 1. The van der Waals surface area contributed by atoms with Crippen molar-refractivity contribution >= 4 is 44.5 Å². The molecule has 9 nitrogen and oxygen atoms in total. The molecule has 2 aromatic heterocycles. The van der Waals surface area contributed by atoms with Crippen molar-refractivity contribution in [1.82, 2.24) is 20.2 Å². The molecule has 1 aliphatic heterocycles. The van der Waals surface area contributed by atoms with Crippen LogP contribution in [0.4, 0.5) is 11.5 Å². The van der Waals surface area contributed by atoms with Crippen LogP contribution in [0.15, 0.2) is 41.6 Å². The van der Waals surface area contributed by atoms with Crippen LogP contribution in [0.1, 0.15) is 5.69 Å². The molecule has 0 saturated carbocycles. The topological polar surface area (TPSA) is 114 Å². The second kappa shape index (κ2) is 8.39. The number of pyridine rings is 2. The summed E-state index contributed by atoms with van der Waals surface area (Å²) in [5, 5.41) is 13.7. The Morgan fingerprint density at radius 1 is 1.28 bits per heavy atom. The van der Waals surface area contributed by atoms with Crippen LogP contribution in [0.2, 0.25) is 0 Å². The molecule has 0 atom stereocenters. The monoisotopic (exact) mass is 433 g/mol. The molecule has 1 saturated heterocycles. The lowest BCUT2D eigenvalue weighted by Gasteiger charge is -2.35. The summed E-state index contributed by atoms with van der Waals surface area (Å²) >= 11 is 5.26. The summed E-state index contributed by atoms with van der Waals surface area (Å²) in [4.78, 5) is 12.4. The van der Waals surface area contributed by atoms with Gasteiger partial charge in [-0.25, -0.2) is 13.4 Å². The Morgan fingerprint density at radius 2 is 2.00 bits per heavy atom. The number of nitrogens with one attached hydrogen (secondary N) is 3. The maximum atomic E-state index is 12.5. The molecular formula is C18H23N7O2S2. The number of anilines is 2. The highest BCUT2D eigenvalue weighted by atomic mass is 32.2. The zero-order valence-corrected chi connectivity index (χ0v) is 18.0. The van der Waals surface area contributed by atoms with Crippen LogP contribution in [0, 0.1) is 5.41 Å². The van der Waals surface area contributed by atoms with Crippen LogP contribution in [0.3, 0.4) is 0 Å². The summed E-state index contributed by atoms with van der Waals surface area (Å²) in [5.74, 6) is 0.514.